The van der Waals surface area contributed by atoms with Gasteiger partial charge in [0.25, 0.3) is 0 Å². The Morgan fingerprint density at radius 3 is 2.69 bits per heavy atom. The third kappa shape index (κ3) is 4.80. The molecule has 0 spiro atoms. The lowest BCUT2D eigenvalue weighted by Crippen LogP contribution is -2.27. The summed E-state index contributed by atoms with van der Waals surface area (Å²) in [6, 6.07) is 17.3. The standard InChI is InChI=1S/C29H24FN7O2/c1-37(2)15-26(39)32-20-9-18(13-31-14-20)16-6-7-24-23(11-16)28(36-35-24)29-33-25-5-3-4-22(27(25)34-29)17-8-19(30)12-21(38)10-17/h3-14,38H,15H2,1-2H3,(H,32,39)(H,33,34)(H,35,36). The zero-order chi connectivity index (χ0) is 27.1. The molecule has 1 amide bonds. The normalized spacial score (nSPS) is 11.5. The number of aromatic nitrogens is 5. The Bertz CT molecular complexity index is 1840. The van der Waals surface area contributed by atoms with Gasteiger partial charge in [0, 0.05) is 28.8 Å². The molecule has 4 N–H and O–H groups in total. The number of halogens is 1. The van der Waals surface area contributed by atoms with Gasteiger partial charge in [-0.2, -0.15) is 5.10 Å². The first kappa shape index (κ1) is 24.3. The van der Waals surface area contributed by atoms with Crippen LogP contribution in [0.4, 0.5) is 10.1 Å². The van der Waals surface area contributed by atoms with E-state index in [2.05, 4.69) is 25.5 Å². The van der Waals surface area contributed by atoms with E-state index in [9.17, 15) is 14.3 Å². The third-order valence-corrected chi connectivity index (χ3v) is 6.31. The van der Waals surface area contributed by atoms with Crippen LogP contribution in [0.25, 0.3) is 55.7 Å². The largest absolute Gasteiger partial charge is 0.508 e. The van der Waals surface area contributed by atoms with Gasteiger partial charge in [0.15, 0.2) is 5.82 Å². The van der Waals surface area contributed by atoms with Crippen molar-refractivity contribution in [1.82, 2.24) is 30.0 Å². The second-order valence-corrected chi connectivity index (χ2v) is 9.57. The summed E-state index contributed by atoms with van der Waals surface area (Å²) in [6.45, 7) is 0.272. The molecule has 0 atom stereocenters. The van der Waals surface area contributed by atoms with Crippen molar-refractivity contribution < 1.29 is 14.3 Å². The van der Waals surface area contributed by atoms with Gasteiger partial charge in [-0.3, -0.25) is 14.9 Å². The molecule has 6 rings (SSSR count). The van der Waals surface area contributed by atoms with E-state index in [1.807, 2.05) is 56.6 Å². The number of imidazole rings is 1. The Labute approximate surface area is 222 Å². The Kier molecular flexibility index (Phi) is 6.01. The van der Waals surface area contributed by atoms with Gasteiger partial charge in [-0.1, -0.05) is 18.2 Å². The van der Waals surface area contributed by atoms with Gasteiger partial charge in [-0.15, -0.1) is 0 Å². The van der Waals surface area contributed by atoms with E-state index in [0.29, 0.717) is 33.8 Å². The van der Waals surface area contributed by atoms with Crippen LogP contribution >= 0.6 is 0 Å². The van der Waals surface area contributed by atoms with Crippen LogP contribution in [0.2, 0.25) is 0 Å². The number of likely N-dealkylation sites (N-methyl/N-ethyl adjacent to an activating group) is 1. The van der Waals surface area contributed by atoms with Crippen molar-refractivity contribution >= 4 is 33.5 Å². The fraction of sp³-hybridized carbons (Fsp3) is 0.103. The number of carbonyl (C=O) groups excluding carboxylic acids is 1. The monoisotopic (exact) mass is 521 g/mol. The quantitative estimate of drug-likeness (QED) is 0.240. The number of carbonyl (C=O) groups is 1. The van der Waals surface area contributed by atoms with Crippen molar-refractivity contribution in [2.75, 3.05) is 26.0 Å². The van der Waals surface area contributed by atoms with E-state index < -0.39 is 5.82 Å². The van der Waals surface area contributed by atoms with Gasteiger partial charge in [-0.05, 0) is 61.6 Å². The van der Waals surface area contributed by atoms with Gasteiger partial charge in [0.1, 0.15) is 17.3 Å². The number of rotatable bonds is 6. The van der Waals surface area contributed by atoms with Crippen LogP contribution < -0.4 is 5.32 Å². The first-order valence-electron chi connectivity index (χ1n) is 12.2. The molecule has 0 aliphatic rings. The van der Waals surface area contributed by atoms with Gasteiger partial charge in [0.2, 0.25) is 5.91 Å². The van der Waals surface area contributed by atoms with Crippen LogP contribution in [0.3, 0.4) is 0 Å². The predicted molar refractivity (Wildman–Crippen MR) is 149 cm³/mol. The van der Waals surface area contributed by atoms with Crippen LogP contribution in [0.15, 0.2) is 73.1 Å². The minimum Gasteiger partial charge on any atom is -0.508 e. The molecule has 10 heteroatoms. The Morgan fingerprint density at radius 2 is 1.87 bits per heavy atom. The summed E-state index contributed by atoms with van der Waals surface area (Å²) in [5.41, 5.74) is 6.39. The van der Waals surface area contributed by atoms with Crippen molar-refractivity contribution in [3.05, 3.63) is 78.9 Å². The molecule has 0 bridgehead atoms. The second-order valence-electron chi connectivity index (χ2n) is 9.57. The van der Waals surface area contributed by atoms with Crippen molar-refractivity contribution in [3.8, 4) is 39.5 Å². The first-order chi connectivity index (χ1) is 18.8. The van der Waals surface area contributed by atoms with Crippen LogP contribution in [0.1, 0.15) is 0 Å². The first-order valence-corrected chi connectivity index (χ1v) is 12.2. The summed E-state index contributed by atoms with van der Waals surface area (Å²) in [4.78, 5) is 26.4. The SMILES string of the molecule is CN(C)CC(=O)Nc1cncc(-c2ccc3[nH]nc(-c4nc5c(-c6cc(O)cc(F)c6)cccc5[nH]4)c3c2)c1. The molecule has 0 fully saturated rings. The summed E-state index contributed by atoms with van der Waals surface area (Å²) in [5, 5.41) is 21.2. The lowest BCUT2D eigenvalue weighted by atomic mass is 10.0. The number of phenols is 1. The van der Waals surface area contributed by atoms with Gasteiger partial charge in [-0.25, -0.2) is 9.37 Å². The highest BCUT2D eigenvalue weighted by Crippen LogP contribution is 2.34. The van der Waals surface area contributed by atoms with Gasteiger partial charge < -0.3 is 20.3 Å². The van der Waals surface area contributed by atoms with E-state index in [-0.39, 0.29) is 18.2 Å². The summed E-state index contributed by atoms with van der Waals surface area (Å²) < 4.78 is 14.0. The molecule has 3 aromatic heterocycles. The molecule has 0 aliphatic carbocycles. The number of para-hydroxylation sites is 1. The predicted octanol–water partition coefficient (Wildman–Crippen LogP) is 5.18. The summed E-state index contributed by atoms with van der Waals surface area (Å²) in [7, 11) is 3.67. The summed E-state index contributed by atoms with van der Waals surface area (Å²) in [6.07, 6.45) is 3.35. The molecule has 0 saturated heterocycles. The molecule has 194 valence electrons. The number of fused-ring (bicyclic) bond motifs is 2. The molecule has 0 unspecified atom stereocenters. The zero-order valence-electron chi connectivity index (χ0n) is 21.2. The minimum absolute atomic E-state index is 0.121. The highest BCUT2D eigenvalue weighted by molar-refractivity contribution is 5.99. The van der Waals surface area contributed by atoms with Crippen molar-refractivity contribution in [3.63, 3.8) is 0 Å². The van der Waals surface area contributed by atoms with Gasteiger partial charge >= 0.3 is 0 Å². The number of hydrogen-bond acceptors (Lipinski definition) is 6. The number of amides is 1. The molecule has 0 aliphatic heterocycles. The van der Waals surface area contributed by atoms with Crippen LogP contribution in [0, 0.1) is 5.82 Å². The Hall–Kier alpha value is -5.09. The third-order valence-electron chi connectivity index (χ3n) is 6.31. The number of aromatic hydroxyl groups is 1. The van der Waals surface area contributed by atoms with Crippen LogP contribution in [0.5, 0.6) is 5.75 Å². The maximum Gasteiger partial charge on any atom is 0.238 e. The number of pyridine rings is 1. The molecular formula is C29H24FN7O2. The smallest absolute Gasteiger partial charge is 0.238 e. The number of anilines is 1. The van der Waals surface area contributed by atoms with E-state index in [1.165, 1.54) is 12.1 Å². The van der Waals surface area contributed by atoms with E-state index in [0.717, 1.165) is 33.6 Å². The average molecular weight is 522 g/mol. The number of nitrogens with zero attached hydrogens (tertiary/aromatic N) is 4. The molecular weight excluding hydrogens is 497 g/mol. The molecule has 9 nitrogen and oxygen atoms in total. The summed E-state index contributed by atoms with van der Waals surface area (Å²) >= 11 is 0. The Morgan fingerprint density at radius 1 is 1.00 bits per heavy atom. The topological polar surface area (TPSA) is 123 Å². The maximum atomic E-state index is 14.0. The van der Waals surface area contributed by atoms with E-state index in [4.69, 9.17) is 4.98 Å². The molecule has 0 radical (unpaired) electrons. The van der Waals surface area contributed by atoms with Gasteiger partial charge in [0.05, 0.1) is 35.0 Å². The van der Waals surface area contributed by atoms with Crippen LogP contribution in [-0.2, 0) is 4.79 Å². The molecule has 39 heavy (non-hydrogen) atoms. The lowest BCUT2D eigenvalue weighted by molar-refractivity contribution is -0.116. The van der Waals surface area contributed by atoms with E-state index in [1.54, 1.807) is 17.3 Å². The summed E-state index contributed by atoms with van der Waals surface area (Å²) in [5.74, 6) is -0.257. The van der Waals surface area contributed by atoms with Crippen LogP contribution in [-0.4, -0.2) is 61.7 Å². The fourth-order valence-corrected chi connectivity index (χ4v) is 4.63. The number of H-pyrrole nitrogens is 2. The molecule has 6 aromatic rings. The van der Waals surface area contributed by atoms with Crippen molar-refractivity contribution in [1.29, 1.82) is 0 Å². The number of hydrogen-bond donors (Lipinski definition) is 4. The lowest BCUT2D eigenvalue weighted by Gasteiger charge is -2.11. The zero-order valence-corrected chi connectivity index (χ0v) is 21.2. The van der Waals surface area contributed by atoms with Crippen molar-refractivity contribution in [2.45, 2.75) is 0 Å². The van der Waals surface area contributed by atoms with E-state index >= 15 is 0 Å². The number of benzene rings is 3. The Balaban J connectivity index is 1.39. The number of nitrogens with one attached hydrogen (secondary N) is 3. The number of aromatic amines is 2. The number of phenolic OH excluding ortho intramolecular Hbond substituents is 1. The molecule has 3 heterocycles. The minimum atomic E-state index is -0.528. The average Bonchev–Trinajstić information content (AvgIpc) is 3.51. The highest BCUT2D eigenvalue weighted by atomic mass is 19.1. The van der Waals surface area contributed by atoms with Crippen molar-refractivity contribution in [2.24, 2.45) is 0 Å². The highest BCUT2D eigenvalue weighted by Gasteiger charge is 2.17. The molecule has 0 saturated carbocycles. The fourth-order valence-electron chi connectivity index (χ4n) is 4.63. The maximum absolute atomic E-state index is 14.0. The second kappa shape index (κ2) is 9.66. The molecule has 3 aromatic carbocycles.